The molecule has 0 radical (unpaired) electrons. The summed E-state index contributed by atoms with van der Waals surface area (Å²) < 4.78 is 11.0. The van der Waals surface area contributed by atoms with Gasteiger partial charge in [0.1, 0.15) is 0 Å². The fourth-order valence-electron chi connectivity index (χ4n) is 2.44. The van der Waals surface area contributed by atoms with Crippen LogP contribution in [0.25, 0.3) is 0 Å². The van der Waals surface area contributed by atoms with E-state index in [4.69, 9.17) is 9.47 Å². The zero-order chi connectivity index (χ0) is 18.5. The number of ether oxygens (including phenoxy) is 2. The number of hydrogen-bond acceptors (Lipinski definition) is 4. The van der Waals surface area contributed by atoms with E-state index < -0.39 is 5.41 Å². The molecule has 0 saturated carbocycles. The van der Waals surface area contributed by atoms with Crippen LogP contribution in [0.4, 0.5) is 0 Å². The van der Waals surface area contributed by atoms with Gasteiger partial charge in [-0.1, -0.05) is 0 Å². The van der Waals surface area contributed by atoms with Gasteiger partial charge < -0.3 is 25.4 Å². The van der Waals surface area contributed by atoms with Gasteiger partial charge in [-0.05, 0) is 40.5 Å². The SMILES string of the molecule is CCNC(=O)C(C)(C)CN=C(NCC)NCCCOCC1CCOC1.I. The molecule has 1 fully saturated rings. The van der Waals surface area contributed by atoms with Crippen LogP contribution in [-0.2, 0) is 14.3 Å². The van der Waals surface area contributed by atoms with Crippen molar-refractivity contribution in [1.29, 1.82) is 0 Å². The number of guanidine groups is 1. The molecule has 1 aliphatic heterocycles. The first-order valence-electron chi connectivity index (χ1n) is 9.45. The molecule has 8 heteroatoms. The van der Waals surface area contributed by atoms with Crippen LogP contribution in [0.5, 0.6) is 0 Å². The molecule has 0 aromatic rings. The average Bonchev–Trinajstić information content (AvgIpc) is 3.09. The zero-order valence-electron chi connectivity index (χ0n) is 16.7. The minimum atomic E-state index is -0.523. The van der Waals surface area contributed by atoms with Gasteiger partial charge in [-0.15, -0.1) is 24.0 Å². The molecule has 0 aromatic carbocycles. The summed E-state index contributed by atoms with van der Waals surface area (Å²) in [5.74, 6) is 1.33. The van der Waals surface area contributed by atoms with Gasteiger partial charge in [0.15, 0.2) is 5.96 Å². The highest BCUT2D eigenvalue weighted by Crippen LogP contribution is 2.15. The molecule has 1 heterocycles. The summed E-state index contributed by atoms with van der Waals surface area (Å²) in [6.07, 6.45) is 2.02. The van der Waals surface area contributed by atoms with Gasteiger partial charge in [0.25, 0.3) is 0 Å². The third kappa shape index (κ3) is 10.5. The molecule has 1 rings (SSSR count). The molecule has 154 valence electrons. The number of hydrogen-bond donors (Lipinski definition) is 3. The van der Waals surface area contributed by atoms with E-state index in [1.165, 1.54) is 0 Å². The van der Waals surface area contributed by atoms with E-state index >= 15 is 0 Å². The first-order valence-corrected chi connectivity index (χ1v) is 9.45. The van der Waals surface area contributed by atoms with Crippen molar-refractivity contribution in [3.8, 4) is 0 Å². The molecule has 1 saturated heterocycles. The lowest BCUT2D eigenvalue weighted by Crippen LogP contribution is -2.42. The topological polar surface area (TPSA) is 84.0 Å². The molecule has 1 amide bonds. The zero-order valence-corrected chi connectivity index (χ0v) is 19.1. The molecule has 1 aliphatic rings. The minimum absolute atomic E-state index is 0. The van der Waals surface area contributed by atoms with Crippen LogP contribution in [0.15, 0.2) is 4.99 Å². The highest BCUT2D eigenvalue weighted by atomic mass is 127. The van der Waals surface area contributed by atoms with Crippen LogP contribution in [-0.4, -0.2) is 64.5 Å². The summed E-state index contributed by atoms with van der Waals surface area (Å²) in [4.78, 5) is 16.6. The molecule has 0 aromatic heterocycles. The van der Waals surface area contributed by atoms with Gasteiger partial charge in [-0.25, -0.2) is 0 Å². The van der Waals surface area contributed by atoms with E-state index in [1.54, 1.807) is 0 Å². The smallest absolute Gasteiger partial charge is 0.227 e. The summed E-state index contributed by atoms with van der Waals surface area (Å²) in [6.45, 7) is 13.6. The fourth-order valence-corrected chi connectivity index (χ4v) is 2.44. The van der Waals surface area contributed by atoms with Crippen molar-refractivity contribution >= 4 is 35.8 Å². The Kier molecular flexibility index (Phi) is 14.1. The maximum Gasteiger partial charge on any atom is 0.227 e. The second kappa shape index (κ2) is 14.4. The van der Waals surface area contributed by atoms with E-state index in [0.29, 0.717) is 19.0 Å². The van der Waals surface area contributed by atoms with Gasteiger partial charge in [-0.3, -0.25) is 9.79 Å². The molecule has 7 nitrogen and oxygen atoms in total. The van der Waals surface area contributed by atoms with Crippen molar-refractivity contribution in [2.24, 2.45) is 16.3 Å². The maximum atomic E-state index is 12.0. The third-order valence-electron chi connectivity index (χ3n) is 4.06. The summed E-state index contributed by atoms with van der Waals surface area (Å²) >= 11 is 0. The Bertz CT molecular complexity index is 413. The van der Waals surface area contributed by atoms with E-state index in [-0.39, 0.29) is 29.9 Å². The summed E-state index contributed by atoms with van der Waals surface area (Å²) in [7, 11) is 0. The van der Waals surface area contributed by atoms with Crippen LogP contribution >= 0.6 is 24.0 Å². The van der Waals surface area contributed by atoms with Crippen molar-refractivity contribution in [3.05, 3.63) is 0 Å². The van der Waals surface area contributed by atoms with Gasteiger partial charge >= 0.3 is 0 Å². The second-order valence-electron chi connectivity index (χ2n) is 7.02. The first-order chi connectivity index (χ1) is 12.0. The average molecular weight is 484 g/mol. The molecule has 1 unspecified atom stereocenters. The number of halogens is 1. The Morgan fingerprint density at radius 1 is 1.23 bits per heavy atom. The number of amides is 1. The van der Waals surface area contributed by atoms with Crippen molar-refractivity contribution in [2.75, 3.05) is 52.6 Å². The monoisotopic (exact) mass is 484 g/mol. The van der Waals surface area contributed by atoms with Gasteiger partial charge in [-0.2, -0.15) is 0 Å². The lowest BCUT2D eigenvalue weighted by atomic mass is 9.92. The summed E-state index contributed by atoms with van der Waals surface area (Å²) in [6, 6.07) is 0. The Balaban J connectivity index is 0.00000625. The van der Waals surface area contributed by atoms with Gasteiger partial charge in [0.05, 0.1) is 25.2 Å². The normalized spacial score (nSPS) is 17.5. The Morgan fingerprint density at radius 3 is 2.58 bits per heavy atom. The molecule has 0 bridgehead atoms. The number of aliphatic imine (C=N–C) groups is 1. The lowest BCUT2D eigenvalue weighted by Gasteiger charge is -2.22. The first kappa shape index (κ1) is 25.4. The van der Waals surface area contributed by atoms with Crippen molar-refractivity contribution < 1.29 is 14.3 Å². The highest BCUT2D eigenvalue weighted by Gasteiger charge is 2.26. The molecule has 3 N–H and O–H groups in total. The standard InChI is InChI=1S/C18H36N4O3.HI/c1-5-19-16(23)18(3,4)14-22-17(20-6-2)21-9-7-10-24-12-15-8-11-25-13-15;/h15H,5-14H2,1-4H3,(H,19,23)(H2,20,21,22);1H. The predicted molar refractivity (Wildman–Crippen MR) is 116 cm³/mol. The van der Waals surface area contributed by atoms with Crippen LogP contribution in [0.1, 0.15) is 40.5 Å². The Labute approximate surface area is 175 Å². The van der Waals surface area contributed by atoms with E-state index in [2.05, 4.69) is 20.9 Å². The molecule has 0 aliphatic carbocycles. The second-order valence-corrected chi connectivity index (χ2v) is 7.02. The van der Waals surface area contributed by atoms with E-state index in [1.807, 2.05) is 27.7 Å². The quantitative estimate of drug-likeness (QED) is 0.180. The fraction of sp³-hybridized carbons (Fsp3) is 0.889. The Morgan fingerprint density at radius 2 is 1.96 bits per heavy atom. The van der Waals surface area contributed by atoms with Gasteiger partial charge in [0, 0.05) is 38.8 Å². The number of rotatable bonds is 11. The molecular weight excluding hydrogens is 447 g/mol. The summed E-state index contributed by atoms with van der Waals surface area (Å²) in [5, 5.41) is 9.36. The molecule has 26 heavy (non-hydrogen) atoms. The lowest BCUT2D eigenvalue weighted by molar-refractivity contribution is -0.128. The van der Waals surface area contributed by atoms with Crippen LogP contribution < -0.4 is 16.0 Å². The molecular formula is C18H37IN4O3. The third-order valence-corrected chi connectivity index (χ3v) is 4.06. The Hall–Kier alpha value is -0.610. The maximum absolute atomic E-state index is 12.0. The van der Waals surface area contributed by atoms with Crippen LogP contribution in [0.2, 0.25) is 0 Å². The van der Waals surface area contributed by atoms with Crippen LogP contribution in [0.3, 0.4) is 0 Å². The van der Waals surface area contributed by atoms with Crippen molar-refractivity contribution in [1.82, 2.24) is 16.0 Å². The number of nitrogens with one attached hydrogen (secondary N) is 3. The largest absolute Gasteiger partial charge is 0.381 e. The minimum Gasteiger partial charge on any atom is -0.381 e. The van der Waals surface area contributed by atoms with E-state index in [0.717, 1.165) is 58.3 Å². The summed E-state index contributed by atoms with van der Waals surface area (Å²) in [5.41, 5.74) is -0.523. The number of nitrogens with zero attached hydrogens (tertiary/aromatic N) is 1. The predicted octanol–water partition coefficient (Wildman–Crippen LogP) is 1.77. The van der Waals surface area contributed by atoms with Crippen molar-refractivity contribution in [3.63, 3.8) is 0 Å². The number of carbonyl (C=O) groups is 1. The number of carbonyl (C=O) groups excluding carboxylic acids is 1. The highest BCUT2D eigenvalue weighted by molar-refractivity contribution is 14.0. The molecule has 1 atom stereocenters. The van der Waals surface area contributed by atoms with Crippen molar-refractivity contribution in [2.45, 2.75) is 40.5 Å². The molecule has 0 spiro atoms. The van der Waals surface area contributed by atoms with Crippen LogP contribution in [0, 0.1) is 11.3 Å². The van der Waals surface area contributed by atoms with E-state index in [9.17, 15) is 4.79 Å². The van der Waals surface area contributed by atoms with Gasteiger partial charge in [0.2, 0.25) is 5.91 Å².